The van der Waals surface area contributed by atoms with Gasteiger partial charge in [-0.3, -0.25) is 5.41 Å². The lowest BCUT2D eigenvalue weighted by Crippen LogP contribution is -2.23. The van der Waals surface area contributed by atoms with Gasteiger partial charge in [-0.2, -0.15) is 0 Å². The van der Waals surface area contributed by atoms with Crippen LogP contribution in [0.15, 0.2) is 42.5 Å². The lowest BCUT2D eigenvalue weighted by atomic mass is 10.1. The zero-order valence-corrected chi connectivity index (χ0v) is 12.1. The van der Waals surface area contributed by atoms with Crippen LogP contribution in [0.5, 0.6) is 0 Å². The summed E-state index contributed by atoms with van der Waals surface area (Å²) in [6.45, 7) is 2.90. The molecule has 2 aromatic rings. The van der Waals surface area contributed by atoms with Crippen LogP contribution < -0.4 is 9.80 Å². The summed E-state index contributed by atoms with van der Waals surface area (Å²) in [6.07, 6.45) is 0. The number of fused-ring (bicyclic) bond motifs is 1. The fourth-order valence-electron chi connectivity index (χ4n) is 2.75. The Balaban J connectivity index is 2.00. The Hall–Kier alpha value is -2.29. The normalized spacial score (nSPS) is 13.6. The van der Waals surface area contributed by atoms with Crippen LogP contribution in [0.2, 0.25) is 0 Å². The van der Waals surface area contributed by atoms with Gasteiger partial charge < -0.3 is 9.80 Å². The van der Waals surface area contributed by atoms with Crippen LogP contribution in [0.4, 0.5) is 11.4 Å². The van der Waals surface area contributed by atoms with E-state index in [1.165, 1.54) is 16.8 Å². The van der Waals surface area contributed by atoms with Crippen LogP contribution in [0.25, 0.3) is 0 Å². The summed E-state index contributed by atoms with van der Waals surface area (Å²) >= 11 is 0. The van der Waals surface area contributed by atoms with E-state index in [-0.39, 0.29) is 0 Å². The fourth-order valence-corrected chi connectivity index (χ4v) is 2.75. The average molecular weight is 265 g/mol. The van der Waals surface area contributed by atoms with Crippen molar-refractivity contribution in [1.29, 1.82) is 5.41 Å². The first-order valence-electron chi connectivity index (χ1n) is 6.80. The molecule has 1 heterocycles. The van der Waals surface area contributed by atoms with Gasteiger partial charge in [0.25, 0.3) is 0 Å². The topological polar surface area (TPSA) is 30.3 Å². The summed E-state index contributed by atoms with van der Waals surface area (Å²) in [6, 6.07) is 14.6. The number of hydrogen-bond acceptors (Lipinski definition) is 2. The highest BCUT2D eigenvalue weighted by Gasteiger charge is 2.25. The molecule has 3 nitrogen and oxygen atoms in total. The molecule has 0 atom stereocenters. The monoisotopic (exact) mass is 265 g/mol. The number of rotatable bonds is 2. The van der Waals surface area contributed by atoms with E-state index in [1.807, 2.05) is 18.2 Å². The number of anilines is 2. The molecule has 0 saturated carbocycles. The van der Waals surface area contributed by atoms with Crippen LogP contribution >= 0.6 is 0 Å². The zero-order valence-electron chi connectivity index (χ0n) is 12.1. The van der Waals surface area contributed by atoms with Crippen molar-refractivity contribution in [2.24, 2.45) is 0 Å². The standard InChI is InChI=1S/C17H19N3/c1-12-8-9-14(10-16(12)19(2)3)20-11-13-6-4-5-7-15(13)17(20)18/h4-10,18H,11H2,1-3H3. The largest absolute Gasteiger partial charge is 0.377 e. The third-order valence-corrected chi connectivity index (χ3v) is 3.86. The Bertz CT molecular complexity index is 674. The number of benzene rings is 2. The van der Waals surface area contributed by atoms with Crippen molar-refractivity contribution in [2.45, 2.75) is 13.5 Å². The quantitative estimate of drug-likeness (QED) is 0.902. The molecule has 0 radical (unpaired) electrons. The van der Waals surface area contributed by atoms with Crippen LogP contribution in [0.1, 0.15) is 16.7 Å². The molecule has 1 aliphatic heterocycles. The Labute approximate surface area is 120 Å². The predicted molar refractivity (Wildman–Crippen MR) is 85.0 cm³/mol. The maximum absolute atomic E-state index is 8.37. The molecule has 0 saturated heterocycles. The highest BCUT2D eigenvalue weighted by atomic mass is 15.2. The second-order valence-electron chi connectivity index (χ2n) is 5.46. The lowest BCUT2D eigenvalue weighted by molar-refractivity contribution is 1.04. The molecule has 0 spiro atoms. The van der Waals surface area contributed by atoms with E-state index in [0.29, 0.717) is 5.84 Å². The van der Waals surface area contributed by atoms with Crippen molar-refractivity contribution in [3.63, 3.8) is 0 Å². The highest BCUT2D eigenvalue weighted by molar-refractivity contribution is 6.11. The van der Waals surface area contributed by atoms with Crippen molar-refractivity contribution in [1.82, 2.24) is 0 Å². The number of nitrogens with one attached hydrogen (secondary N) is 1. The second-order valence-corrected chi connectivity index (χ2v) is 5.46. The van der Waals surface area contributed by atoms with E-state index in [9.17, 15) is 0 Å². The summed E-state index contributed by atoms with van der Waals surface area (Å²) in [4.78, 5) is 4.18. The van der Waals surface area contributed by atoms with Gasteiger partial charge >= 0.3 is 0 Å². The minimum absolute atomic E-state index is 0.592. The summed E-state index contributed by atoms with van der Waals surface area (Å²) in [7, 11) is 4.10. The number of nitrogens with zero attached hydrogens (tertiary/aromatic N) is 2. The van der Waals surface area contributed by atoms with Crippen molar-refractivity contribution >= 4 is 17.2 Å². The highest BCUT2D eigenvalue weighted by Crippen LogP contribution is 2.31. The predicted octanol–water partition coefficient (Wildman–Crippen LogP) is 3.41. The molecule has 3 rings (SSSR count). The number of hydrogen-bond donors (Lipinski definition) is 1. The van der Waals surface area contributed by atoms with Gasteiger partial charge in [0, 0.05) is 31.0 Å². The van der Waals surface area contributed by atoms with Gasteiger partial charge in [0.2, 0.25) is 0 Å². The first kappa shape index (κ1) is 12.7. The van der Waals surface area contributed by atoms with E-state index < -0.39 is 0 Å². The summed E-state index contributed by atoms with van der Waals surface area (Å²) < 4.78 is 0. The van der Waals surface area contributed by atoms with Gasteiger partial charge in [-0.25, -0.2) is 0 Å². The molecular weight excluding hydrogens is 246 g/mol. The fraction of sp³-hybridized carbons (Fsp3) is 0.235. The smallest absolute Gasteiger partial charge is 0.133 e. The average Bonchev–Trinajstić information content (AvgIpc) is 2.77. The summed E-state index contributed by atoms with van der Waals surface area (Å²) in [5.41, 5.74) is 5.80. The second kappa shape index (κ2) is 4.67. The van der Waals surface area contributed by atoms with Gasteiger partial charge in [-0.05, 0) is 30.2 Å². The molecule has 2 aromatic carbocycles. The first-order chi connectivity index (χ1) is 9.58. The van der Waals surface area contributed by atoms with Crippen molar-refractivity contribution in [3.8, 4) is 0 Å². The summed E-state index contributed by atoms with van der Waals surface area (Å²) in [5, 5.41) is 8.37. The van der Waals surface area contributed by atoms with Gasteiger partial charge in [-0.15, -0.1) is 0 Å². The first-order valence-corrected chi connectivity index (χ1v) is 6.80. The van der Waals surface area contributed by atoms with Gasteiger partial charge in [-0.1, -0.05) is 30.3 Å². The molecule has 102 valence electrons. The van der Waals surface area contributed by atoms with Crippen molar-refractivity contribution in [2.75, 3.05) is 23.9 Å². The zero-order chi connectivity index (χ0) is 14.3. The Morgan fingerprint density at radius 1 is 1.10 bits per heavy atom. The molecule has 0 aromatic heterocycles. The molecule has 20 heavy (non-hydrogen) atoms. The Morgan fingerprint density at radius 2 is 1.85 bits per heavy atom. The molecule has 0 fully saturated rings. The lowest BCUT2D eigenvalue weighted by Gasteiger charge is -2.22. The van der Waals surface area contributed by atoms with E-state index in [2.05, 4.69) is 55.1 Å². The maximum atomic E-state index is 8.37. The van der Waals surface area contributed by atoms with E-state index in [1.54, 1.807) is 0 Å². The van der Waals surface area contributed by atoms with E-state index in [0.717, 1.165) is 17.8 Å². The van der Waals surface area contributed by atoms with Crippen LogP contribution in [0.3, 0.4) is 0 Å². The molecule has 0 aliphatic carbocycles. The minimum atomic E-state index is 0.592. The molecular formula is C17H19N3. The minimum Gasteiger partial charge on any atom is -0.377 e. The Kier molecular flexibility index (Phi) is 2.97. The van der Waals surface area contributed by atoms with Crippen LogP contribution in [-0.2, 0) is 6.54 Å². The van der Waals surface area contributed by atoms with Gasteiger partial charge in [0.05, 0.1) is 6.54 Å². The number of amidine groups is 1. The third-order valence-electron chi connectivity index (χ3n) is 3.86. The van der Waals surface area contributed by atoms with E-state index in [4.69, 9.17) is 5.41 Å². The third kappa shape index (κ3) is 1.95. The molecule has 0 amide bonds. The summed E-state index contributed by atoms with van der Waals surface area (Å²) in [5.74, 6) is 0.592. The molecule has 1 aliphatic rings. The van der Waals surface area contributed by atoms with Crippen LogP contribution in [0, 0.1) is 12.3 Å². The van der Waals surface area contributed by atoms with Crippen molar-refractivity contribution < 1.29 is 0 Å². The SMILES string of the molecule is Cc1ccc(N2Cc3ccccc3C2=N)cc1N(C)C. The molecule has 3 heteroatoms. The molecule has 0 bridgehead atoms. The van der Waals surface area contributed by atoms with E-state index >= 15 is 0 Å². The maximum Gasteiger partial charge on any atom is 0.133 e. The molecule has 1 N–H and O–H groups in total. The van der Waals surface area contributed by atoms with Gasteiger partial charge in [0.1, 0.15) is 5.84 Å². The van der Waals surface area contributed by atoms with Crippen LogP contribution in [-0.4, -0.2) is 19.9 Å². The van der Waals surface area contributed by atoms with Gasteiger partial charge in [0.15, 0.2) is 0 Å². The number of aryl methyl sites for hydroxylation is 1. The van der Waals surface area contributed by atoms with Crippen molar-refractivity contribution in [3.05, 3.63) is 59.2 Å². The molecule has 0 unspecified atom stereocenters. The Morgan fingerprint density at radius 3 is 2.55 bits per heavy atom.